The number of piperazine rings is 1. The Hall–Kier alpha value is -2.09. The van der Waals surface area contributed by atoms with Crippen LogP contribution in [0.4, 0.5) is 0 Å². The van der Waals surface area contributed by atoms with Gasteiger partial charge in [-0.05, 0) is 24.8 Å². The van der Waals surface area contributed by atoms with E-state index in [-0.39, 0.29) is 11.8 Å². The number of rotatable bonds is 6. The number of thiophene rings is 1. The molecule has 2 heterocycles. The van der Waals surface area contributed by atoms with Crippen molar-refractivity contribution in [3.05, 3.63) is 22.4 Å². The maximum atomic E-state index is 11.8. The van der Waals surface area contributed by atoms with Gasteiger partial charge in [0.25, 0.3) is 5.91 Å². The maximum Gasteiger partial charge on any atom is 0.261 e. The highest BCUT2D eigenvalue weighted by Gasteiger charge is 2.20. The molecule has 0 unspecified atom stereocenters. The van der Waals surface area contributed by atoms with Crippen molar-refractivity contribution in [2.75, 3.05) is 45.8 Å². The Bertz CT molecular complexity index is 580. The standard InChI is InChI=1S/C17H27N5O2S/c1-3-18-17(22-11-9-21(10-12-22)14(2)23)20-8-5-7-19-16(24)15-6-4-13-25-15/h4,6,13H,3,5,7-12H2,1-2H3,(H,18,20)(H,19,24). The Kier molecular flexibility index (Phi) is 7.72. The second-order valence-electron chi connectivity index (χ2n) is 5.82. The van der Waals surface area contributed by atoms with Crippen LogP contribution in [0.2, 0.25) is 0 Å². The van der Waals surface area contributed by atoms with Gasteiger partial charge in [0.15, 0.2) is 5.96 Å². The molecule has 1 aliphatic rings. The third kappa shape index (κ3) is 6.04. The zero-order valence-corrected chi connectivity index (χ0v) is 15.8. The predicted octanol–water partition coefficient (Wildman–Crippen LogP) is 0.998. The molecule has 0 saturated carbocycles. The molecule has 0 atom stereocenters. The average molecular weight is 366 g/mol. The molecule has 0 aromatic carbocycles. The Balaban J connectivity index is 1.74. The molecule has 1 saturated heterocycles. The van der Waals surface area contributed by atoms with Gasteiger partial charge in [-0.25, -0.2) is 0 Å². The van der Waals surface area contributed by atoms with Crippen molar-refractivity contribution in [1.29, 1.82) is 0 Å². The predicted molar refractivity (Wildman–Crippen MR) is 101 cm³/mol. The number of nitrogens with zero attached hydrogens (tertiary/aromatic N) is 3. The first kappa shape index (κ1) is 19.2. The average Bonchev–Trinajstić information content (AvgIpc) is 3.15. The first-order valence-electron chi connectivity index (χ1n) is 8.72. The van der Waals surface area contributed by atoms with Crippen LogP contribution in [0.5, 0.6) is 0 Å². The normalized spacial score (nSPS) is 15.2. The van der Waals surface area contributed by atoms with Gasteiger partial charge >= 0.3 is 0 Å². The van der Waals surface area contributed by atoms with Crippen molar-refractivity contribution in [3.8, 4) is 0 Å². The maximum absolute atomic E-state index is 11.8. The number of amides is 2. The number of hydrogen-bond acceptors (Lipinski definition) is 4. The van der Waals surface area contributed by atoms with Gasteiger partial charge in [-0.3, -0.25) is 14.6 Å². The van der Waals surface area contributed by atoms with Gasteiger partial charge in [0, 0.05) is 52.7 Å². The third-order valence-electron chi connectivity index (χ3n) is 3.99. The van der Waals surface area contributed by atoms with E-state index < -0.39 is 0 Å². The number of hydrogen-bond donors (Lipinski definition) is 2. The molecule has 1 fully saturated rings. The van der Waals surface area contributed by atoms with Gasteiger partial charge in [-0.15, -0.1) is 11.3 Å². The van der Waals surface area contributed by atoms with Crippen LogP contribution in [0.1, 0.15) is 29.9 Å². The molecule has 2 amide bonds. The highest BCUT2D eigenvalue weighted by molar-refractivity contribution is 7.12. The molecule has 0 bridgehead atoms. The van der Waals surface area contributed by atoms with E-state index >= 15 is 0 Å². The molecule has 25 heavy (non-hydrogen) atoms. The highest BCUT2D eigenvalue weighted by atomic mass is 32.1. The fraction of sp³-hybridized carbons (Fsp3) is 0.588. The van der Waals surface area contributed by atoms with Crippen LogP contribution >= 0.6 is 11.3 Å². The number of carbonyl (C=O) groups excluding carboxylic acids is 2. The second kappa shape index (κ2) is 10.0. The molecule has 7 nitrogen and oxygen atoms in total. The van der Waals surface area contributed by atoms with Crippen molar-refractivity contribution in [1.82, 2.24) is 20.4 Å². The van der Waals surface area contributed by atoms with E-state index in [0.717, 1.165) is 50.0 Å². The SMILES string of the molecule is CCNC(=NCCCNC(=O)c1cccs1)N1CCN(C(C)=O)CC1. The lowest BCUT2D eigenvalue weighted by atomic mass is 10.3. The van der Waals surface area contributed by atoms with E-state index in [9.17, 15) is 9.59 Å². The van der Waals surface area contributed by atoms with E-state index in [1.165, 1.54) is 11.3 Å². The zero-order chi connectivity index (χ0) is 18.1. The first-order valence-corrected chi connectivity index (χ1v) is 9.60. The Morgan fingerprint density at radius 3 is 2.52 bits per heavy atom. The summed E-state index contributed by atoms with van der Waals surface area (Å²) < 4.78 is 0. The highest BCUT2D eigenvalue weighted by Crippen LogP contribution is 2.07. The Morgan fingerprint density at radius 2 is 1.92 bits per heavy atom. The van der Waals surface area contributed by atoms with Crippen molar-refractivity contribution < 1.29 is 9.59 Å². The molecular formula is C17H27N5O2S. The molecule has 2 N–H and O–H groups in total. The smallest absolute Gasteiger partial charge is 0.261 e. The summed E-state index contributed by atoms with van der Waals surface area (Å²) in [6.07, 6.45) is 0.791. The molecule has 0 radical (unpaired) electrons. The zero-order valence-electron chi connectivity index (χ0n) is 15.0. The molecule has 0 aliphatic carbocycles. The summed E-state index contributed by atoms with van der Waals surface area (Å²) in [5.74, 6) is 0.990. The summed E-state index contributed by atoms with van der Waals surface area (Å²) >= 11 is 1.44. The minimum atomic E-state index is -0.0220. The Labute approximate surface area is 153 Å². The number of nitrogens with one attached hydrogen (secondary N) is 2. The topological polar surface area (TPSA) is 77.0 Å². The van der Waals surface area contributed by atoms with Crippen molar-refractivity contribution in [2.45, 2.75) is 20.3 Å². The second-order valence-corrected chi connectivity index (χ2v) is 6.76. The third-order valence-corrected chi connectivity index (χ3v) is 4.86. The molecule has 1 aliphatic heterocycles. The lowest BCUT2D eigenvalue weighted by Gasteiger charge is -2.36. The van der Waals surface area contributed by atoms with Crippen LogP contribution in [0.25, 0.3) is 0 Å². The van der Waals surface area contributed by atoms with Crippen LogP contribution in [-0.2, 0) is 4.79 Å². The monoisotopic (exact) mass is 365 g/mol. The molecule has 8 heteroatoms. The van der Waals surface area contributed by atoms with Gasteiger partial charge in [0.1, 0.15) is 0 Å². The van der Waals surface area contributed by atoms with Crippen LogP contribution in [0, 0.1) is 0 Å². The summed E-state index contributed by atoms with van der Waals surface area (Å²) in [6.45, 7) is 8.77. The van der Waals surface area contributed by atoms with E-state index in [1.807, 2.05) is 29.3 Å². The lowest BCUT2D eigenvalue weighted by molar-refractivity contribution is -0.130. The summed E-state index contributed by atoms with van der Waals surface area (Å²) in [6, 6.07) is 3.69. The molecule has 0 spiro atoms. The van der Waals surface area contributed by atoms with Gasteiger partial charge in [0.05, 0.1) is 4.88 Å². The van der Waals surface area contributed by atoms with Crippen LogP contribution in [-0.4, -0.2) is 73.4 Å². The van der Waals surface area contributed by atoms with Gasteiger partial charge in [-0.1, -0.05) is 6.07 Å². The number of guanidine groups is 1. The summed E-state index contributed by atoms with van der Waals surface area (Å²) in [5, 5.41) is 8.11. The van der Waals surface area contributed by atoms with Gasteiger partial charge in [-0.2, -0.15) is 0 Å². The molecule has 1 aromatic rings. The molecule has 2 rings (SSSR count). The quantitative estimate of drug-likeness (QED) is 0.448. The van der Waals surface area contributed by atoms with Crippen LogP contribution < -0.4 is 10.6 Å². The molecule has 1 aromatic heterocycles. The minimum Gasteiger partial charge on any atom is -0.357 e. The van der Waals surface area contributed by atoms with E-state index in [4.69, 9.17) is 0 Å². The van der Waals surface area contributed by atoms with Crippen LogP contribution in [0.15, 0.2) is 22.5 Å². The molecule has 138 valence electrons. The number of carbonyl (C=O) groups is 2. The largest absolute Gasteiger partial charge is 0.357 e. The molecular weight excluding hydrogens is 338 g/mol. The summed E-state index contributed by atoms with van der Waals surface area (Å²) in [4.78, 5) is 32.7. The summed E-state index contributed by atoms with van der Waals surface area (Å²) in [7, 11) is 0. The first-order chi connectivity index (χ1) is 12.1. The van der Waals surface area contributed by atoms with Crippen LogP contribution in [0.3, 0.4) is 0 Å². The van der Waals surface area contributed by atoms with E-state index in [1.54, 1.807) is 6.92 Å². The van der Waals surface area contributed by atoms with Crippen molar-refractivity contribution >= 4 is 29.1 Å². The van der Waals surface area contributed by atoms with Gasteiger partial charge < -0.3 is 20.4 Å². The van der Waals surface area contributed by atoms with E-state index in [0.29, 0.717) is 13.1 Å². The fourth-order valence-electron chi connectivity index (χ4n) is 2.62. The van der Waals surface area contributed by atoms with Crippen molar-refractivity contribution in [2.24, 2.45) is 4.99 Å². The lowest BCUT2D eigenvalue weighted by Crippen LogP contribution is -2.53. The van der Waals surface area contributed by atoms with Gasteiger partial charge in [0.2, 0.25) is 5.91 Å². The summed E-state index contributed by atoms with van der Waals surface area (Å²) in [5.41, 5.74) is 0. The fourth-order valence-corrected chi connectivity index (χ4v) is 3.26. The Morgan fingerprint density at radius 1 is 1.20 bits per heavy atom. The number of aliphatic imine (C=N–C) groups is 1. The minimum absolute atomic E-state index is 0.0220. The van der Waals surface area contributed by atoms with Crippen molar-refractivity contribution in [3.63, 3.8) is 0 Å². The van der Waals surface area contributed by atoms with E-state index in [2.05, 4.69) is 20.5 Å².